The van der Waals surface area contributed by atoms with Crippen molar-refractivity contribution >= 4 is 27.3 Å². The van der Waals surface area contributed by atoms with Crippen LogP contribution in [0.4, 0.5) is 5.69 Å². The lowest BCUT2D eigenvalue weighted by atomic mass is 9.97. The van der Waals surface area contributed by atoms with E-state index >= 15 is 0 Å². The van der Waals surface area contributed by atoms with Gasteiger partial charge in [0.25, 0.3) is 0 Å². The van der Waals surface area contributed by atoms with Gasteiger partial charge in [0.2, 0.25) is 15.9 Å². The number of anilines is 1. The molecular formula is C23H22ClN3O3S. The van der Waals surface area contributed by atoms with Gasteiger partial charge in [0.05, 0.1) is 9.92 Å². The third kappa shape index (κ3) is 4.74. The fourth-order valence-electron chi connectivity index (χ4n) is 3.68. The Labute approximate surface area is 187 Å². The van der Waals surface area contributed by atoms with Gasteiger partial charge >= 0.3 is 0 Å². The number of primary sulfonamides is 1. The van der Waals surface area contributed by atoms with Crippen molar-refractivity contribution < 1.29 is 13.2 Å². The quantitative estimate of drug-likeness (QED) is 0.585. The van der Waals surface area contributed by atoms with E-state index in [9.17, 15) is 8.42 Å². The number of aromatic nitrogens is 1. The highest BCUT2D eigenvalue weighted by Gasteiger charge is 2.28. The van der Waals surface area contributed by atoms with E-state index in [0.29, 0.717) is 23.2 Å². The predicted octanol–water partition coefficient (Wildman–Crippen LogP) is 4.99. The Hall–Kier alpha value is -2.87. The Kier molecular flexibility index (Phi) is 5.75. The lowest BCUT2D eigenvalue weighted by Crippen LogP contribution is -2.18. The Bertz CT molecular complexity index is 1240. The van der Waals surface area contributed by atoms with Crippen molar-refractivity contribution in [3.63, 3.8) is 0 Å². The molecule has 1 aliphatic heterocycles. The fraction of sp³-hybridized carbons (Fsp3) is 0.174. The minimum absolute atomic E-state index is 0.0851. The molecule has 1 aliphatic rings. The zero-order chi connectivity index (χ0) is 22.2. The highest BCUT2D eigenvalue weighted by molar-refractivity contribution is 7.89. The maximum atomic E-state index is 11.5. The zero-order valence-corrected chi connectivity index (χ0v) is 18.5. The average Bonchev–Trinajstić information content (AvgIpc) is 3.11. The standard InChI is InChI=1S/C23H22ClN3O3S/c1-15-4-3-5-23(26-15)30-22-13-17(6-11-21(22)24)18-12-16(2)27(14-18)19-7-9-20(10-8-19)31(25,28)29/h3-11,13,18H,2,12,14H2,1H3,(H2,25,28,29)/t18-/m0/s1. The molecule has 1 fully saturated rings. The first kappa shape index (κ1) is 21.4. The molecule has 3 aromatic rings. The second-order valence-electron chi connectivity index (χ2n) is 7.53. The Morgan fingerprint density at radius 2 is 1.90 bits per heavy atom. The van der Waals surface area contributed by atoms with Gasteiger partial charge in [-0.3, -0.25) is 0 Å². The smallest absolute Gasteiger partial charge is 0.238 e. The summed E-state index contributed by atoms with van der Waals surface area (Å²) in [5.41, 5.74) is 3.76. The maximum Gasteiger partial charge on any atom is 0.238 e. The summed E-state index contributed by atoms with van der Waals surface area (Å²) in [4.78, 5) is 6.53. The van der Waals surface area contributed by atoms with Crippen LogP contribution in [-0.2, 0) is 10.0 Å². The van der Waals surface area contributed by atoms with Gasteiger partial charge in [-0.05, 0) is 61.4 Å². The van der Waals surface area contributed by atoms with Crippen LogP contribution in [0.15, 0.2) is 77.8 Å². The van der Waals surface area contributed by atoms with Gasteiger partial charge in [-0.1, -0.05) is 30.3 Å². The zero-order valence-electron chi connectivity index (χ0n) is 17.0. The summed E-state index contributed by atoms with van der Waals surface area (Å²) in [6, 6.07) is 17.8. The van der Waals surface area contributed by atoms with Crippen LogP contribution in [0.2, 0.25) is 5.02 Å². The van der Waals surface area contributed by atoms with Crippen LogP contribution in [0, 0.1) is 6.92 Å². The summed E-state index contributed by atoms with van der Waals surface area (Å²) in [5.74, 6) is 1.24. The number of benzene rings is 2. The van der Waals surface area contributed by atoms with Gasteiger partial charge in [-0.2, -0.15) is 0 Å². The molecule has 8 heteroatoms. The number of hydrogen-bond donors (Lipinski definition) is 1. The maximum absolute atomic E-state index is 11.5. The van der Waals surface area contributed by atoms with E-state index in [4.69, 9.17) is 21.5 Å². The summed E-state index contributed by atoms with van der Waals surface area (Å²) in [7, 11) is -3.72. The number of nitrogens with two attached hydrogens (primary N) is 1. The first-order valence-corrected chi connectivity index (χ1v) is 11.6. The van der Waals surface area contributed by atoms with Crippen LogP contribution in [0.1, 0.15) is 23.6 Å². The molecule has 1 atom stereocenters. The fourth-order valence-corrected chi connectivity index (χ4v) is 4.35. The average molecular weight is 456 g/mol. The van der Waals surface area contributed by atoms with E-state index in [-0.39, 0.29) is 10.8 Å². The highest BCUT2D eigenvalue weighted by Crippen LogP contribution is 2.39. The van der Waals surface area contributed by atoms with Crippen molar-refractivity contribution in [1.29, 1.82) is 0 Å². The van der Waals surface area contributed by atoms with Gasteiger partial charge in [0.15, 0.2) is 0 Å². The molecule has 31 heavy (non-hydrogen) atoms. The number of allylic oxidation sites excluding steroid dienone is 1. The van der Waals surface area contributed by atoms with Crippen LogP contribution in [0.3, 0.4) is 0 Å². The molecule has 0 bridgehead atoms. The normalized spacial score (nSPS) is 16.5. The van der Waals surface area contributed by atoms with Crippen LogP contribution >= 0.6 is 11.6 Å². The van der Waals surface area contributed by atoms with Gasteiger partial charge in [0, 0.05) is 35.6 Å². The molecule has 2 heterocycles. The third-order valence-corrected chi connectivity index (χ3v) is 6.49. The minimum atomic E-state index is -3.72. The summed E-state index contributed by atoms with van der Waals surface area (Å²) in [5, 5.41) is 5.70. The molecule has 1 aromatic heterocycles. The molecule has 0 saturated carbocycles. The molecule has 0 radical (unpaired) electrons. The molecule has 0 amide bonds. The molecular weight excluding hydrogens is 434 g/mol. The second-order valence-corrected chi connectivity index (χ2v) is 9.49. The van der Waals surface area contributed by atoms with Crippen molar-refractivity contribution in [2.45, 2.75) is 24.2 Å². The monoisotopic (exact) mass is 455 g/mol. The highest BCUT2D eigenvalue weighted by atomic mass is 35.5. The van der Waals surface area contributed by atoms with Crippen LogP contribution in [-0.4, -0.2) is 19.9 Å². The van der Waals surface area contributed by atoms with Crippen molar-refractivity contribution in [3.05, 3.63) is 89.2 Å². The lowest BCUT2D eigenvalue weighted by Gasteiger charge is -2.20. The molecule has 4 rings (SSSR count). The third-order valence-electron chi connectivity index (χ3n) is 5.25. The molecule has 2 aromatic carbocycles. The van der Waals surface area contributed by atoms with Gasteiger partial charge < -0.3 is 9.64 Å². The van der Waals surface area contributed by atoms with Gasteiger partial charge in [0.1, 0.15) is 5.75 Å². The van der Waals surface area contributed by atoms with Crippen molar-refractivity contribution in [1.82, 2.24) is 4.98 Å². The Morgan fingerprint density at radius 3 is 2.58 bits per heavy atom. The first-order valence-electron chi connectivity index (χ1n) is 9.70. The number of halogens is 1. The molecule has 1 saturated heterocycles. The van der Waals surface area contributed by atoms with Crippen molar-refractivity contribution in [2.24, 2.45) is 5.14 Å². The van der Waals surface area contributed by atoms with E-state index in [1.807, 2.05) is 37.3 Å². The van der Waals surface area contributed by atoms with Gasteiger partial charge in [-0.15, -0.1) is 0 Å². The van der Waals surface area contributed by atoms with E-state index in [2.05, 4.69) is 16.5 Å². The van der Waals surface area contributed by atoms with Crippen LogP contribution < -0.4 is 14.8 Å². The Morgan fingerprint density at radius 1 is 1.16 bits per heavy atom. The van der Waals surface area contributed by atoms with Crippen molar-refractivity contribution in [2.75, 3.05) is 11.4 Å². The number of pyridine rings is 1. The lowest BCUT2D eigenvalue weighted by molar-refractivity contribution is 0.461. The van der Waals surface area contributed by atoms with E-state index in [1.54, 1.807) is 18.2 Å². The van der Waals surface area contributed by atoms with Crippen LogP contribution in [0.5, 0.6) is 11.6 Å². The molecule has 0 spiro atoms. The summed E-state index contributed by atoms with van der Waals surface area (Å²) in [6.07, 6.45) is 0.765. The second kappa shape index (κ2) is 8.34. The predicted molar refractivity (Wildman–Crippen MR) is 122 cm³/mol. The minimum Gasteiger partial charge on any atom is -0.437 e. The van der Waals surface area contributed by atoms with Crippen LogP contribution in [0.25, 0.3) is 0 Å². The topological polar surface area (TPSA) is 85.5 Å². The number of nitrogens with zero attached hydrogens (tertiary/aromatic N) is 2. The van der Waals surface area contributed by atoms with E-state index < -0.39 is 10.0 Å². The number of aryl methyl sites for hydroxylation is 1. The summed E-state index contributed by atoms with van der Waals surface area (Å²) in [6.45, 7) is 6.80. The molecule has 0 unspecified atom stereocenters. The van der Waals surface area contributed by atoms with Gasteiger partial charge in [-0.25, -0.2) is 18.5 Å². The molecule has 6 nitrogen and oxygen atoms in total. The molecule has 0 aliphatic carbocycles. The largest absolute Gasteiger partial charge is 0.437 e. The van der Waals surface area contributed by atoms with E-state index in [0.717, 1.165) is 29.1 Å². The SMILES string of the molecule is C=C1C[C@H](c2ccc(Cl)c(Oc3cccc(C)n3)c2)CN1c1ccc(S(N)(=O)=O)cc1. The van der Waals surface area contributed by atoms with E-state index in [1.165, 1.54) is 12.1 Å². The summed E-state index contributed by atoms with van der Waals surface area (Å²) >= 11 is 6.36. The first-order chi connectivity index (χ1) is 14.7. The summed E-state index contributed by atoms with van der Waals surface area (Å²) < 4.78 is 28.9. The number of ether oxygens (including phenoxy) is 1. The number of hydrogen-bond acceptors (Lipinski definition) is 5. The molecule has 160 valence electrons. The number of sulfonamides is 1. The Balaban J connectivity index is 1.55. The number of rotatable bonds is 5. The van der Waals surface area contributed by atoms with Crippen molar-refractivity contribution in [3.8, 4) is 11.6 Å². The molecule has 2 N–H and O–H groups in total.